The van der Waals surface area contributed by atoms with Gasteiger partial charge in [0.1, 0.15) is 33.7 Å². The molecule has 260 valence electrons. The van der Waals surface area contributed by atoms with E-state index in [9.17, 15) is 16.8 Å². The van der Waals surface area contributed by atoms with Gasteiger partial charge < -0.3 is 9.47 Å². The van der Waals surface area contributed by atoms with Gasteiger partial charge in [0.05, 0.1) is 9.79 Å². The van der Waals surface area contributed by atoms with Crippen LogP contribution in [0.3, 0.4) is 0 Å². The molecule has 4 heterocycles. The van der Waals surface area contributed by atoms with Crippen molar-refractivity contribution in [2.24, 2.45) is 0 Å². The highest BCUT2D eigenvalue weighted by Crippen LogP contribution is 2.38. The van der Waals surface area contributed by atoms with Gasteiger partial charge in [0.2, 0.25) is 20.0 Å². The number of nitrogens with zero attached hydrogens (tertiary/aromatic N) is 4. The summed E-state index contributed by atoms with van der Waals surface area (Å²) >= 11 is 0. The summed E-state index contributed by atoms with van der Waals surface area (Å²) in [5.41, 5.74) is 2.01. The summed E-state index contributed by atoms with van der Waals surface area (Å²) in [6, 6.07) is 10.6. The summed E-state index contributed by atoms with van der Waals surface area (Å²) in [4.78, 5) is 9.49. The van der Waals surface area contributed by atoms with Crippen molar-refractivity contribution in [3.05, 3.63) is 59.9 Å². The fourth-order valence-electron chi connectivity index (χ4n) is 6.06. The molecule has 0 radical (unpaired) electrons. The van der Waals surface area contributed by atoms with Crippen LogP contribution >= 0.6 is 0 Å². The molecule has 0 spiro atoms. The van der Waals surface area contributed by atoms with Crippen LogP contribution in [0.15, 0.2) is 58.6 Å². The minimum Gasteiger partial charge on any atom is -0.486 e. The van der Waals surface area contributed by atoms with E-state index in [1.54, 1.807) is 57.4 Å². The molecule has 0 bridgehead atoms. The first-order valence-electron chi connectivity index (χ1n) is 16.6. The molecule has 0 N–H and O–H groups in total. The van der Waals surface area contributed by atoms with E-state index in [1.165, 1.54) is 0 Å². The molecule has 4 aromatic rings. The Kier molecular flexibility index (Phi) is 10.1. The zero-order valence-corrected chi connectivity index (χ0v) is 31.0. The van der Waals surface area contributed by atoms with Gasteiger partial charge in [-0.1, -0.05) is 0 Å². The van der Waals surface area contributed by atoms with Crippen LogP contribution in [0.2, 0.25) is 0 Å². The molecule has 6 rings (SSSR count). The molecular formula is C36H48N4O6S2. The van der Waals surface area contributed by atoms with Gasteiger partial charge in [0.25, 0.3) is 0 Å². The first kappa shape index (κ1) is 36.0. The SMILES string of the molecule is Cc1cc(S(=O)(=O)N2CCCC2)c2cccnc2c1OC(C)(C)C.Cc1cc(S(=O)(=O)N2CCCC2)c2cccnc2c1OC(C)(C)C. The largest absolute Gasteiger partial charge is 0.486 e. The van der Waals surface area contributed by atoms with E-state index in [-0.39, 0.29) is 11.2 Å². The Morgan fingerprint density at radius 2 is 0.938 bits per heavy atom. The van der Waals surface area contributed by atoms with E-state index in [0.29, 0.717) is 69.3 Å². The predicted molar refractivity (Wildman–Crippen MR) is 190 cm³/mol. The number of pyridine rings is 2. The Balaban J connectivity index is 0.000000188. The van der Waals surface area contributed by atoms with Crippen molar-refractivity contribution >= 4 is 41.9 Å². The van der Waals surface area contributed by atoms with Crippen molar-refractivity contribution in [1.82, 2.24) is 18.6 Å². The van der Waals surface area contributed by atoms with Gasteiger partial charge in [0.15, 0.2) is 0 Å². The van der Waals surface area contributed by atoms with Gasteiger partial charge in [-0.05, 0) is 129 Å². The molecule has 48 heavy (non-hydrogen) atoms. The summed E-state index contributed by atoms with van der Waals surface area (Å²) in [5, 5.41) is 1.24. The normalized spacial score (nSPS) is 16.7. The third-order valence-corrected chi connectivity index (χ3v) is 12.0. The molecule has 2 aromatic carbocycles. The Bertz CT molecular complexity index is 1870. The Labute approximate surface area is 285 Å². The summed E-state index contributed by atoms with van der Waals surface area (Å²) < 4.78 is 67.5. The first-order valence-corrected chi connectivity index (χ1v) is 19.4. The van der Waals surface area contributed by atoms with E-state index in [2.05, 4.69) is 9.97 Å². The second-order valence-corrected chi connectivity index (χ2v) is 18.3. The number of hydrogen-bond acceptors (Lipinski definition) is 8. The molecule has 2 saturated heterocycles. The third kappa shape index (κ3) is 7.61. The Morgan fingerprint density at radius 1 is 0.604 bits per heavy atom. The average molecular weight is 697 g/mol. The number of sulfonamides is 2. The van der Waals surface area contributed by atoms with Gasteiger partial charge in [-0.25, -0.2) is 16.8 Å². The van der Waals surface area contributed by atoms with Gasteiger partial charge >= 0.3 is 0 Å². The van der Waals surface area contributed by atoms with Crippen molar-refractivity contribution in [3.63, 3.8) is 0 Å². The maximum absolute atomic E-state index is 13.1. The second kappa shape index (κ2) is 13.5. The molecule has 0 aliphatic carbocycles. The van der Waals surface area contributed by atoms with E-state index in [1.807, 2.05) is 55.4 Å². The van der Waals surface area contributed by atoms with Crippen molar-refractivity contribution in [2.75, 3.05) is 26.2 Å². The van der Waals surface area contributed by atoms with E-state index in [4.69, 9.17) is 9.47 Å². The lowest BCUT2D eigenvalue weighted by atomic mass is 10.1. The van der Waals surface area contributed by atoms with Crippen molar-refractivity contribution < 1.29 is 26.3 Å². The Hall–Kier alpha value is -3.32. The number of rotatable bonds is 6. The molecule has 0 amide bonds. The highest BCUT2D eigenvalue weighted by atomic mass is 32.2. The minimum absolute atomic E-state index is 0.325. The minimum atomic E-state index is -3.51. The van der Waals surface area contributed by atoms with Crippen molar-refractivity contribution in [3.8, 4) is 11.5 Å². The monoisotopic (exact) mass is 696 g/mol. The third-order valence-electron chi connectivity index (χ3n) is 8.17. The van der Waals surface area contributed by atoms with Crippen LogP contribution in [-0.4, -0.2) is 72.8 Å². The molecule has 2 aliphatic rings. The van der Waals surface area contributed by atoms with Gasteiger partial charge in [-0.15, -0.1) is 0 Å². The number of aromatic nitrogens is 2. The van der Waals surface area contributed by atoms with Crippen LogP contribution in [0.25, 0.3) is 21.8 Å². The standard InChI is InChI=1S/2C18H24N2O3S/c2*1-13-12-15(24(21,22)20-10-5-6-11-20)14-8-7-9-19-16(14)17(13)23-18(2,3)4/h2*7-9,12H,5-6,10-11H2,1-4H3. The van der Waals surface area contributed by atoms with E-state index >= 15 is 0 Å². The van der Waals surface area contributed by atoms with E-state index < -0.39 is 20.0 Å². The van der Waals surface area contributed by atoms with Crippen molar-refractivity contribution in [1.29, 1.82) is 0 Å². The summed E-state index contributed by atoms with van der Waals surface area (Å²) in [5.74, 6) is 1.30. The summed E-state index contributed by atoms with van der Waals surface area (Å²) in [6.07, 6.45) is 7.01. The lowest BCUT2D eigenvalue weighted by Gasteiger charge is -2.25. The average Bonchev–Trinajstić information content (AvgIpc) is 3.75. The molecule has 0 saturated carbocycles. The van der Waals surface area contributed by atoms with Crippen LogP contribution in [-0.2, 0) is 20.0 Å². The topological polar surface area (TPSA) is 119 Å². The predicted octanol–water partition coefficient (Wildman–Crippen LogP) is 7.01. The maximum Gasteiger partial charge on any atom is 0.243 e. The number of fused-ring (bicyclic) bond motifs is 2. The molecule has 0 atom stereocenters. The summed E-state index contributed by atoms with van der Waals surface area (Å²) in [6.45, 7) is 17.9. The zero-order valence-electron chi connectivity index (χ0n) is 29.3. The van der Waals surface area contributed by atoms with Crippen LogP contribution < -0.4 is 9.47 Å². The number of benzene rings is 2. The molecule has 2 aliphatic heterocycles. The quantitative estimate of drug-likeness (QED) is 0.211. The zero-order chi connectivity index (χ0) is 35.1. The maximum atomic E-state index is 13.1. The van der Waals surface area contributed by atoms with Crippen LogP contribution in [0.1, 0.15) is 78.4 Å². The smallest absolute Gasteiger partial charge is 0.243 e. The fourth-order valence-corrected chi connectivity index (χ4v) is 9.63. The number of hydrogen-bond donors (Lipinski definition) is 0. The van der Waals surface area contributed by atoms with Gasteiger partial charge in [0, 0.05) is 49.3 Å². The van der Waals surface area contributed by atoms with E-state index in [0.717, 1.165) is 36.8 Å². The molecule has 12 heteroatoms. The fraction of sp³-hybridized carbons (Fsp3) is 0.500. The molecule has 2 fully saturated rings. The lowest BCUT2D eigenvalue weighted by Crippen LogP contribution is -2.28. The first-order chi connectivity index (χ1) is 22.4. The Morgan fingerprint density at radius 3 is 1.25 bits per heavy atom. The molecule has 10 nitrogen and oxygen atoms in total. The van der Waals surface area contributed by atoms with Crippen LogP contribution in [0.4, 0.5) is 0 Å². The molecular weight excluding hydrogens is 649 g/mol. The van der Waals surface area contributed by atoms with Gasteiger partial charge in [-0.2, -0.15) is 8.61 Å². The lowest BCUT2D eigenvalue weighted by molar-refractivity contribution is 0.131. The number of ether oxygens (including phenoxy) is 2. The molecule has 0 unspecified atom stereocenters. The van der Waals surface area contributed by atoms with Gasteiger partial charge in [-0.3, -0.25) is 9.97 Å². The highest BCUT2D eigenvalue weighted by Gasteiger charge is 2.32. The van der Waals surface area contributed by atoms with Crippen LogP contribution in [0, 0.1) is 13.8 Å². The second-order valence-electron chi connectivity index (χ2n) is 14.5. The van der Waals surface area contributed by atoms with Crippen LogP contribution in [0.5, 0.6) is 11.5 Å². The summed E-state index contributed by atoms with van der Waals surface area (Å²) in [7, 11) is -7.02. The highest BCUT2D eigenvalue weighted by molar-refractivity contribution is 7.89. The number of aryl methyl sites for hydroxylation is 2. The van der Waals surface area contributed by atoms with Crippen molar-refractivity contribution in [2.45, 2.75) is 102 Å². The molecule has 2 aromatic heterocycles.